The van der Waals surface area contributed by atoms with E-state index in [1.54, 1.807) is 0 Å². The summed E-state index contributed by atoms with van der Waals surface area (Å²) in [6.45, 7) is 1.96. The van der Waals surface area contributed by atoms with Crippen LogP contribution in [0, 0.1) is 0 Å². The molecule has 0 unspecified atom stereocenters. The van der Waals surface area contributed by atoms with Crippen LogP contribution in [0.1, 0.15) is 33.0 Å². The zero-order valence-electron chi connectivity index (χ0n) is 16.9. The Labute approximate surface area is 171 Å². The number of furan rings is 1. The standard InChI is InChI=1S/C24H26N2O3/c1-25(2)14-21-13-19-11-12-26(15-23(19)29-21)24(28)18-9-7-17(8-10-18)22-6-4-3-5-20(22)16-27/h3-10,13,27H,11-12,14-16H2,1-2H3. The van der Waals surface area contributed by atoms with Gasteiger partial charge in [0.05, 0.1) is 19.7 Å². The normalized spacial score (nSPS) is 13.6. The molecule has 1 aliphatic rings. The Morgan fingerprint density at radius 2 is 1.90 bits per heavy atom. The minimum atomic E-state index is -0.00801. The van der Waals surface area contributed by atoms with E-state index in [0.29, 0.717) is 18.7 Å². The summed E-state index contributed by atoms with van der Waals surface area (Å²) in [6, 6.07) is 17.5. The summed E-state index contributed by atoms with van der Waals surface area (Å²) in [4.78, 5) is 16.9. The van der Waals surface area contributed by atoms with E-state index in [1.807, 2.05) is 67.5 Å². The fraction of sp³-hybridized carbons (Fsp3) is 0.292. The summed E-state index contributed by atoms with van der Waals surface area (Å²) in [5.41, 5.74) is 4.73. The van der Waals surface area contributed by atoms with Crippen molar-refractivity contribution in [3.8, 4) is 11.1 Å². The molecule has 1 aromatic heterocycles. The zero-order chi connectivity index (χ0) is 20.4. The van der Waals surface area contributed by atoms with Gasteiger partial charge in [-0.1, -0.05) is 36.4 Å². The van der Waals surface area contributed by atoms with Crippen molar-refractivity contribution in [1.82, 2.24) is 9.80 Å². The molecule has 150 valence electrons. The number of hydrogen-bond acceptors (Lipinski definition) is 4. The Bertz CT molecular complexity index is 1010. The van der Waals surface area contributed by atoms with E-state index in [9.17, 15) is 9.90 Å². The molecule has 0 aliphatic carbocycles. The Morgan fingerprint density at radius 3 is 2.62 bits per heavy atom. The van der Waals surface area contributed by atoms with Crippen LogP contribution >= 0.6 is 0 Å². The number of amides is 1. The highest BCUT2D eigenvalue weighted by molar-refractivity contribution is 5.94. The number of aliphatic hydroxyl groups excluding tert-OH is 1. The van der Waals surface area contributed by atoms with Crippen LogP contribution in [0.25, 0.3) is 11.1 Å². The van der Waals surface area contributed by atoms with Gasteiger partial charge >= 0.3 is 0 Å². The smallest absolute Gasteiger partial charge is 0.254 e. The van der Waals surface area contributed by atoms with Gasteiger partial charge in [0.1, 0.15) is 11.5 Å². The lowest BCUT2D eigenvalue weighted by Gasteiger charge is -2.26. The van der Waals surface area contributed by atoms with Crippen molar-refractivity contribution in [2.45, 2.75) is 26.1 Å². The topological polar surface area (TPSA) is 56.9 Å². The van der Waals surface area contributed by atoms with Gasteiger partial charge in [0.15, 0.2) is 0 Å². The molecular formula is C24H26N2O3. The van der Waals surface area contributed by atoms with E-state index >= 15 is 0 Å². The maximum absolute atomic E-state index is 13.0. The molecule has 5 nitrogen and oxygen atoms in total. The molecule has 3 aromatic rings. The lowest BCUT2D eigenvalue weighted by atomic mass is 9.98. The minimum absolute atomic E-state index is 0.00801. The monoisotopic (exact) mass is 390 g/mol. The van der Waals surface area contributed by atoms with Gasteiger partial charge in [0.2, 0.25) is 0 Å². The third-order valence-electron chi connectivity index (χ3n) is 5.32. The Kier molecular flexibility index (Phi) is 5.51. The summed E-state index contributed by atoms with van der Waals surface area (Å²) >= 11 is 0. The van der Waals surface area contributed by atoms with Crippen LogP contribution in [0.15, 0.2) is 59.0 Å². The molecule has 0 radical (unpaired) electrons. The average Bonchev–Trinajstić information content (AvgIpc) is 3.14. The number of nitrogens with zero attached hydrogens (tertiary/aromatic N) is 2. The molecule has 0 saturated carbocycles. The summed E-state index contributed by atoms with van der Waals surface area (Å²) in [7, 11) is 4.03. The van der Waals surface area contributed by atoms with Crippen molar-refractivity contribution in [1.29, 1.82) is 0 Å². The van der Waals surface area contributed by atoms with Gasteiger partial charge in [-0.15, -0.1) is 0 Å². The van der Waals surface area contributed by atoms with E-state index in [0.717, 1.165) is 41.2 Å². The maximum Gasteiger partial charge on any atom is 0.254 e. The fourth-order valence-corrected chi connectivity index (χ4v) is 3.86. The first-order chi connectivity index (χ1) is 14.0. The van der Waals surface area contributed by atoms with Gasteiger partial charge in [-0.05, 0) is 61.0 Å². The van der Waals surface area contributed by atoms with Gasteiger partial charge in [-0.25, -0.2) is 0 Å². The van der Waals surface area contributed by atoms with Crippen LogP contribution in [-0.2, 0) is 26.1 Å². The average molecular weight is 390 g/mol. The molecule has 4 rings (SSSR count). The molecule has 0 saturated heterocycles. The third-order valence-corrected chi connectivity index (χ3v) is 5.32. The molecule has 0 atom stereocenters. The molecule has 0 fully saturated rings. The summed E-state index contributed by atoms with van der Waals surface area (Å²) in [5.74, 6) is 1.86. The lowest BCUT2D eigenvalue weighted by Crippen LogP contribution is -2.35. The highest BCUT2D eigenvalue weighted by atomic mass is 16.3. The SMILES string of the molecule is CN(C)Cc1cc2c(o1)CN(C(=O)c1ccc(-c3ccccc3CO)cc1)CC2. The quantitative estimate of drug-likeness (QED) is 0.722. The first-order valence-electron chi connectivity index (χ1n) is 9.89. The molecule has 2 aromatic carbocycles. The molecule has 1 amide bonds. The number of aliphatic hydroxyl groups is 1. The third kappa shape index (κ3) is 4.11. The summed E-state index contributed by atoms with van der Waals surface area (Å²) < 4.78 is 5.98. The molecule has 2 heterocycles. The predicted octanol–water partition coefficient (Wildman–Crippen LogP) is 3.70. The molecular weight excluding hydrogens is 364 g/mol. The molecule has 1 N–H and O–H groups in total. The van der Waals surface area contributed by atoms with Crippen LogP contribution in [-0.4, -0.2) is 41.5 Å². The number of fused-ring (bicyclic) bond motifs is 1. The van der Waals surface area contributed by atoms with Gasteiger partial charge in [0.25, 0.3) is 5.91 Å². The molecule has 0 bridgehead atoms. The van der Waals surface area contributed by atoms with Gasteiger partial charge < -0.3 is 19.3 Å². The van der Waals surface area contributed by atoms with Crippen molar-refractivity contribution in [3.63, 3.8) is 0 Å². The first-order valence-corrected chi connectivity index (χ1v) is 9.89. The molecule has 1 aliphatic heterocycles. The Morgan fingerprint density at radius 1 is 1.14 bits per heavy atom. The lowest BCUT2D eigenvalue weighted by molar-refractivity contribution is 0.0718. The van der Waals surface area contributed by atoms with Crippen molar-refractivity contribution in [3.05, 3.63) is 82.8 Å². The second-order valence-corrected chi connectivity index (χ2v) is 7.77. The summed E-state index contributed by atoms with van der Waals surface area (Å²) in [5, 5.41) is 9.55. The minimum Gasteiger partial charge on any atom is -0.463 e. The van der Waals surface area contributed by atoms with Crippen LogP contribution in [0.4, 0.5) is 0 Å². The highest BCUT2D eigenvalue weighted by Crippen LogP contribution is 2.27. The zero-order valence-corrected chi connectivity index (χ0v) is 16.9. The number of rotatable bonds is 5. The number of benzene rings is 2. The molecule has 0 spiro atoms. The van der Waals surface area contributed by atoms with Gasteiger partial charge in [0, 0.05) is 12.1 Å². The Hall–Kier alpha value is -2.89. The molecule has 5 heteroatoms. The molecule has 29 heavy (non-hydrogen) atoms. The second kappa shape index (κ2) is 8.23. The van der Waals surface area contributed by atoms with E-state index in [4.69, 9.17) is 4.42 Å². The fourth-order valence-electron chi connectivity index (χ4n) is 3.86. The van der Waals surface area contributed by atoms with Crippen LogP contribution in [0.2, 0.25) is 0 Å². The largest absolute Gasteiger partial charge is 0.463 e. The number of hydrogen-bond donors (Lipinski definition) is 1. The first kappa shape index (κ1) is 19.4. The van der Waals surface area contributed by atoms with E-state index in [2.05, 4.69) is 11.0 Å². The van der Waals surface area contributed by atoms with Gasteiger partial charge in [-0.2, -0.15) is 0 Å². The van der Waals surface area contributed by atoms with E-state index in [-0.39, 0.29) is 12.5 Å². The van der Waals surface area contributed by atoms with Crippen molar-refractivity contribution in [2.24, 2.45) is 0 Å². The predicted molar refractivity (Wildman–Crippen MR) is 112 cm³/mol. The highest BCUT2D eigenvalue weighted by Gasteiger charge is 2.25. The Balaban J connectivity index is 1.49. The second-order valence-electron chi connectivity index (χ2n) is 7.77. The van der Waals surface area contributed by atoms with Crippen molar-refractivity contribution in [2.75, 3.05) is 20.6 Å². The van der Waals surface area contributed by atoms with E-state index < -0.39 is 0 Å². The van der Waals surface area contributed by atoms with Crippen LogP contribution in [0.3, 0.4) is 0 Å². The van der Waals surface area contributed by atoms with Gasteiger partial charge in [-0.3, -0.25) is 4.79 Å². The number of carbonyl (C=O) groups is 1. The van der Waals surface area contributed by atoms with E-state index in [1.165, 1.54) is 5.56 Å². The summed E-state index contributed by atoms with van der Waals surface area (Å²) in [6.07, 6.45) is 0.819. The van der Waals surface area contributed by atoms with Crippen LogP contribution < -0.4 is 0 Å². The maximum atomic E-state index is 13.0. The van der Waals surface area contributed by atoms with Crippen LogP contribution in [0.5, 0.6) is 0 Å². The number of carbonyl (C=O) groups excluding carboxylic acids is 1. The van der Waals surface area contributed by atoms with Crippen molar-refractivity contribution >= 4 is 5.91 Å². The van der Waals surface area contributed by atoms with Crippen molar-refractivity contribution < 1.29 is 14.3 Å².